The van der Waals surface area contributed by atoms with Crippen molar-refractivity contribution in [3.8, 4) is 22.8 Å². The summed E-state index contributed by atoms with van der Waals surface area (Å²) in [7, 11) is 3.14. The predicted octanol–water partition coefficient (Wildman–Crippen LogP) is 2.93. The molecule has 0 radical (unpaired) electrons. The first-order valence-electron chi connectivity index (χ1n) is 7.41. The van der Waals surface area contributed by atoms with Crippen molar-refractivity contribution in [3.05, 3.63) is 46.2 Å². The number of amides is 1. The summed E-state index contributed by atoms with van der Waals surface area (Å²) in [5.41, 5.74) is 8.04. The number of nitrogens with zero attached hydrogens (tertiary/aromatic N) is 1. The number of aromatic nitrogens is 1. The number of carbonyl (C=O) groups is 1. The van der Waals surface area contributed by atoms with E-state index >= 15 is 0 Å². The van der Waals surface area contributed by atoms with Crippen LogP contribution in [0.5, 0.6) is 11.5 Å². The van der Waals surface area contributed by atoms with Gasteiger partial charge < -0.3 is 25.0 Å². The number of rotatable bonds is 6. The SMILES string of the molecule is COc1ccc(CNC(=O)c2c(-c3ccsc3)noc2N)c(OC)c1. The first-order valence-corrected chi connectivity index (χ1v) is 8.35. The molecule has 0 aliphatic heterocycles. The van der Waals surface area contributed by atoms with Gasteiger partial charge in [0.2, 0.25) is 5.88 Å². The topological polar surface area (TPSA) is 99.6 Å². The van der Waals surface area contributed by atoms with Gasteiger partial charge in [0.05, 0.1) is 14.2 Å². The van der Waals surface area contributed by atoms with Crippen LogP contribution < -0.4 is 20.5 Å². The largest absolute Gasteiger partial charge is 0.497 e. The van der Waals surface area contributed by atoms with Crippen LogP contribution in [-0.2, 0) is 6.54 Å². The predicted molar refractivity (Wildman–Crippen MR) is 94.9 cm³/mol. The molecular weight excluding hydrogens is 342 g/mol. The maximum Gasteiger partial charge on any atom is 0.259 e. The monoisotopic (exact) mass is 359 g/mol. The minimum atomic E-state index is -0.363. The number of hydrogen-bond donors (Lipinski definition) is 2. The Labute approximate surface area is 148 Å². The van der Waals surface area contributed by atoms with Gasteiger partial charge in [0.1, 0.15) is 22.8 Å². The molecule has 0 aliphatic rings. The van der Waals surface area contributed by atoms with Crippen molar-refractivity contribution < 1.29 is 18.8 Å². The molecule has 25 heavy (non-hydrogen) atoms. The molecule has 1 amide bonds. The molecule has 0 fully saturated rings. The Kier molecular flexibility index (Phi) is 4.90. The Hall–Kier alpha value is -3.00. The highest BCUT2D eigenvalue weighted by Gasteiger charge is 2.22. The van der Waals surface area contributed by atoms with E-state index in [4.69, 9.17) is 19.7 Å². The van der Waals surface area contributed by atoms with Gasteiger partial charge >= 0.3 is 0 Å². The average molecular weight is 359 g/mol. The summed E-state index contributed by atoms with van der Waals surface area (Å²) in [6.45, 7) is 0.264. The lowest BCUT2D eigenvalue weighted by Gasteiger charge is -2.11. The number of ether oxygens (including phenoxy) is 2. The molecule has 2 heterocycles. The van der Waals surface area contributed by atoms with Gasteiger partial charge in [-0.15, -0.1) is 0 Å². The molecule has 3 N–H and O–H groups in total. The second kappa shape index (κ2) is 7.27. The van der Waals surface area contributed by atoms with Crippen molar-refractivity contribution in [2.75, 3.05) is 20.0 Å². The summed E-state index contributed by atoms with van der Waals surface area (Å²) < 4.78 is 15.5. The Bertz CT molecular complexity index is 874. The van der Waals surface area contributed by atoms with Crippen LogP contribution >= 0.6 is 11.3 Å². The van der Waals surface area contributed by atoms with E-state index < -0.39 is 0 Å². The van der Waals surface area contributed by atoms with Crippen molar-refractivity contribution in [2.24, 2.45) is 0 Å². The third-order valence-corrected chi connectivity index (χ3v) is 4.36. The first-order chi connectivity index (χ1) is 12.1. The Morgan fingerprint density at radius 1 is 1.32 bits per heavy atom. The summed E-state index contributed by atoms with van der Waals surface area (Å²) in [6, 6.07) is 7.24. The van der Waals surface area contributed by atoms with Gasteiger partial charge in [0, 0.05) is 29.1 Å². The second-order valence-corrected chi connectivity index (χ2v) is 5.92. The van der Waals surface area contributed by atoms with Crippen LogP contribution in [0.2, 0.25) is 0 Å². The summed E-state index contributed by atoms with van der Waals surface area (Å²) in [5.74, 6) is 0.921. The zero-order valence-electron chi connectivity index (χ0n) is 13.7. The minimum Gasteiger partial charge on any atom is -0.497 e. The zero-order chi connectivity index (χ0) is 17.8. The van der Waals surface area contributed by atoms with Crippen LogP contribution in [-0.4, -0.2) is 25.3 Å². The number of methoxy groups -OCH3 is 2. The summed E-state index contributed by atoms with van der Waals surface area (Å²) in [5, 5.41) is 10.5. The lowest BCUT2D eigenvalue weighted by molar-refractivity contribution is 0.0952. The fourth-order valence-corrected chi connectivity index (χ4v) is 3.02. The summed E-state index contributed by atoms with van der Waals surface area (Å²) >= 11 is 1.50. The molecule has 3 rings (SSSR count). The van der Waals surface area contributed by atoms with E-state index in [0.29, 0.717) is 17.2 Å². The lowest BCUT2D eigenvalue weighted by Crippen LogP contribution is -2.24. The van der Waals surface area contributed by atoms with Gasteiger partial charge in [0.15, 0.2) is 0 Å². The van der Waals surface area contributed by atoms with Crippen LogP contribution in [0.25, 0.3) is 11.3 Å². The standard InChI is InChI=1S/C17H17N3O4S/c1-22-12-4-3-10(13(7-12)23-2)8-19-17(21)14-15(20-24-16(14)18)11-5-6-25-9-11/h3-7,9H,8,18H2,1-2H3,(H,19,21). The number of hydrogen-bond acceptors (Lipinski definition) is 7. The van der Waals surface area contributed by atoms with Crippen LogP contribution in [0, 0.1) is 0 Å². The van der Waals surface area contributed by atoms with E-state index in [1.54, 1.807) is 26.4 Å². The third-order valence-electron chi connectivity index (χ3n) is 3.67. The Morgan fingerprint density at radius 2 is 2.16 bits per heavy atom. The van der Waals surface area contributed by atoms with Crippen molar-refractivity contribution >= 4 is 23.1 Å². The molecular formula is C17H17N3O4S. The highest BCUT2D eigenvalue weighted by Crippen LogP contribution is 2.29. The molecule has 7 nitrogen and oxygen atoms in total. The molecule has 0 spiro atoms. The normalized spacial score (nSPS) is 10.5. The minimum absolute atomic E-state index is 0.0135. The number of nitrogens with one attached hydrogen (secondary N) is 1. The fourth-order valence-electron chi connectivity index (χ4n) is 2.38. The molecule has 0 saturated carbocycles. The number of anilines is 1. The second-order valence-electron chi connectivity index (χ2n) is 5.14. The van der Waals surface area contributed by atoms with E-state index in [-0.39, 0.29) is 23.9 Å². The van der Waals surface area contributed by atoms with Crippen molar-refractivity contribution in [1.29, 1.82) is 0 Å². The first kappa shape index (κ1) is 16.8. The van der Waals surface area contributed by atoms with E-state index in [9.17, 15) is 4.79 Å². The summed E-state index contributed by atoms with van der Waals surface area (Å²) in [4.78, 5) is 12.6. The van der Waals surface area contributed by atoms with E-state index in [1.807, 2.05) is 22.9 Å². The van der Waals surface area contributed by atoms with Crippen LogP contribution in [0.3, 0.4) is 0 Å². The van der Waals surface area contributed by atoms with Crippen molar-refractivity contribution in [3.63, 3.8) is 0 Å². The Balaban J connectivity index is 1.79. The van der Waals surface area contributed by atoms with Gasteiger partial charge in [-0.3, -0.25) is 4.79 Å². The molecule has 0 bridgehead atoms. The average Bonchev–Trinajstić information content (AvgIpc) is 3.28. The van der Waals surface area contributed by atoms with E-state index in [0.717, 1.165) is 11.1 Å². The molecule has 0 atom stereocenters. The number of thiophene rings is 1. The molecule has 1 aromatic carbocycles. The smallest absolute Gasteiger partial charge is 0.259 e. The molecule has 2 aromatic heterocycles. The lowest BCUT2D eigenvalue weighted by atomic mass is 10.1. The van der Waals surface area contributed by atoms with Gasteiger partial charge in [-0.2, -0.15) is 11.3 Å². The molecule has 0 unspecified atom stereocenters. The number of carbonyl (C=O) groups excluding carboxylic acids is 1. The highest BCUT2D eigenvalue weighted by atomic mass is 32.1. The molecule has 0 saturated heterocycles. The van der Waals surface area contributed by atoms with Gasteiger partial charge in [0.25, 0.3) is 5.91 Å². The molecule has 3 aromatic rings. The van der Waals surface area contributed by atoms with E-state index in [2.05, 4.69) is 10.5 Å². The van der Waals surface area contributed by atoms with Crippen LogP contribution in [0.15, 0.2) is 39.5 Å². The van der Waals surface area contributed by atoms with Crippen LogP contribution in [0.1, 0.15) is 15.9 Å². The number of benzene rings is 1. The van der Waals surface area contributed by atoms with Crippen molar-refractivity contribution in [2.45, 2.75) is 6.54 Å². The van der Waals surface area contributed by atoms with Crippen molar-refractivity contribution in [1.82, 2.24) is 10.5 Å². The quantitative estimate of drug-likeness (QED) is 0.702. The van der Waals surface area contributed by atoms with Crippen LogP contribution in [0.4, 0.5) is 5.88 Å². The summed E-state index contributed by atoms with van der Waals surface area (Å²) in [6.07, 6.45) is 0. The zero-order valence-corrected chi connectivity index (χ0v) is 14.6. The molecule has 8 heteroatoms. The third kappa shape index (κ3) is 3.43. The van der Waals surface area contributed by atoms with Gasteiger partial charge in [-0.1, -0.05) is 5.16 Å². The number of nitrogens with two attached hydrogens (primary N) is 1. The van der Waals surface area contributed by atoms with Gasteiger partial charge in [-0.25, -0.2) is 0 Å². The van der Waals surface area contributed by atoms with E-state index in [1.165, 1.54) is 11.3 Å². The molecule has 0 aliphatic carbocycles. The highest BCUT2D eigenvalue weighted by molar-refractivity contribution is 7.08. The number of nitrogen functional groups attached to an aromatic ring is 1. The Morgan fingerprint density at radius 3 is 2.84 bits per heavy atom. The fraction of sp³-hybridized carbons (Fsp3) is 0.176. The maximum atomic E-state index is 12.6. The molecule has 130 valence electrons. The maximum absolute atomic E-state index is 12.6. The van der Waals surface area contributed by atoms with Gasteiger partial charge in [-0.05, 0) is 23.6 Å².